The molecule has 0 atom stereocenters. The number of rotatable bonds is 3. The maximum atomic E-state index is 5.95. The average Bonchev–Trinajstić information content (AvgIpc) is 2.49. The fourth-order valence-corrected chi connectivity index (χ4v) is 2.61. The smallest absolute Gasteiger partial charge is 0.131 e. The fourth-order valence-electron chi connectivity index (χ4n) is 1.99. The minimum atomic E-state index is 0.403. The van der Waals surface area contributed by atoms with Gasteiger partial charge in [0, 0.05) is 27.7 Å². The molecular weight excluding hydrogens is 338 g/mol. The summed E-state index contributed by atoms with van der Waals surface area (Å²) < 4.78 is 6.90. The van der Waals surface area contributed by atoms with Gasteiger partial charge in [0.1, 0.15) is 11.5 Å². The average molecular weight is 349 g/mol. The molecule has 0 N–H and O–H groups in total. The lowest BCUT2D eigenvalue weighted by Crippen LogP contribution is -1.90. The van der Waals surface area contributed by atoms with Crippen molar-refractivity contribution in [2.75, 3.05) is 0 Å². The third-order valence-corrected chi connectivity index (χ3v) is 3.75. The van der Waals surface area contributed by atoms with Crippen LogP contribution in [-0.4, -0.2) is 4.98 Å². The summed E-state index contributed by atoms with van der Waals surface area (Å²) in [5.74, 6) is 1.92. The van der Waals surface area contributed by atoms with Crippen LogP contribution in [0.3, 0.4) is 0 Å². The van der Waals surface area contributed by atoms with E-state index in [1.165, 1.54) is 0 Å². The highest BCUT2D eigenvalue weighted by atomic mass is 79.9. The molecule has 20 heavy (non-hydrogen) atoms. The highest BCUT2D eigenvalue weighted by molar-refractivity contribution is 9.10. The quantitative estimate of drug-likeness (QED) is 0.581. The lowest BCUT2D eigenvalue weighted by Gasteiger charge is -2.10. The van der Waals surface area contributed by atoms with Crippen molar-refractivity contribution in [2.45, 2.75) is 5.88 Å². The first kappa shape index (κ1) is 13.4. The van der Waals surface area contributed by atoms with E-state index in [4.69, 9.17) is 16.3 Å². The largest absolute Gasteiger partial charge is 0.457 e. The van der Waals surface area contributed by atoms with Crippen LogP contribution < -0.4 is 4.74 Å². The normalized spacial score (nSPS) is 10.7. The second-order valence-corrected chi connectivity index (χ2v) is 5.53. The molecule has 2 aromatic carbocycles. The van der Waals surface area contributed by atoms with Crippen molar-refractivity contribution >= 4 is 38.4 Å². The van der Waals surface area contributed by atoms with Crippen molar-refractivity contribution in [3.63, 3.8) is 0 Å². The molecular formula is C16H11BrClNO. The maximum absolute atomic E-state index is 5.95. The summed E-state index contributed by atoms with van der Waals surface area (Å²) in [5, 5.41) is 1.09. The Bertz CT molecular complexity index is 760. The molecule has 100 valence electrons. The Morgan fingerprint density at radius 2 is 2.00 bits per heavy atom. The van der Waals surface area contributed by atoms with E-state index >= 15 is 0 Å². The number of ether oxygens (including phenoxy) is 1. The maximum Gasteiger partial charge on any atom is 0.131 e. The molecule has 0 spiro atoms. The van der Waals surface area contributed by atoms with Gasteiger partial charge in [-0.2, -0.15) is 0 Å². The van der Waals surface area contributed by atoms with Gasteiger partial charge in [0.2, 0.25) is 0 Å². The van der Waals surface area contributed by atoms with Gasteiger partial charge in [-0.15, -0.1) is 11.6 Å². The molecule has 3 aromatic rings. The van der Waals surface area contributed by atoms with Crippen LogP contribution in [0.15, 0.2) is 59.2 Å². The third kappa shape index (κ3) is 2.79. The number of aromatic nitrogens is 1. The van der Waals surface area contributed by atoms with Gasteiger partial charge in [0.25, 0.3) is 0 Å². The Hall–Kier alpha value is -1.58. The van der Waals surface area contributed by atoms with Crippen LogP contribution in [0.2, 0.25) is 0 Å². The fraction of sp³-hybridized carbons (Fsp3) is 0.0625. The van der Waals surface area contributed by atoms with Gasteiger partial charge in [-0.1, -0.05) is 22.0 Å². The molecule has 3 rings (SSSR count). The van der Waals surface area contributed by atoms with Gasteiger partial charge in [0.15, 0.2) is 0 Å². The van der Waals surface area contributed by atoms with E-state index in [9.17, 15) is 0 Å². The van der Waals surface area contributed by atoms with Crippen LogP contribution in [0, 0.1) is 0 Å². The molecule has 0 bridgehead atoms. The number of benzene rings is 2. The van der Waals surface area contributed by atoms with Crippen molar-refractivity contribution in [3.8, 4) is 11.5 Å². The standard InChI is InChI=1S/C16H11BrClNO/c17-13-4-6-16(12(8-13)10-18)20-14-5-3-11-2-1-7-19-15(11)9-14/h1-9H,10H2. The molecule has 2 nitrogen and oxygen atoms in total. The van der Waals surface area contributed by atoms with Crippen molar-refractivity contribution in [2.24, 2.45) is 0 Å². The molecule has 0 aliphatic heterocycles. The molecule has 0 aliphatic carbocycles. The second kappa shape index (κ2) is 5.81. The molecule has 0 radical (unpaired) electrons. The van der Waals surface area contributed by atoms with E-state index in [0.717, 1.165) is 32.4 Å². The molecule has 0 saturated carbocycles. The molecule has 0 saturated heterocycles. The van der Waals surface area contributed by atoms with Gasteiger partial charge >= 0.3 is 0 Å². The first-order valence-electron chi connectivity index (χ1n) is 6.13. The van der Waals surface area contributed by atoms with E-state index in [2.05, 4.69) is 20.9 Å². The van der Waals surface area contributed by atoms with E-state index < -0.39 is 0 Å². The van der Waals surface area contributed by atoms with Crippen LogP contribution in [0.5, 0.6) is 11.5 Å². The highest BCUT2D eigenvalue weighted by Crippen LogP contribution is 2.30. The zero-order valence-corrected chi connectivity index (χ0v) is 12.9. The predicted octanol–water partition coefficient (Wildman–Crippen LogP) is 5.53. The summed E-state index contributed by atoms with van der Waals surface area (Å²) >= 11 is 9.38. The van der Waals surface area contributed by atoms with Crippen LogP contribution in [0.25, 0.3) is 10.9 Å². The number of hydrogen-bond acceptors (Lipinski definition) is 2. The lowest BCUT2D eigenvalue weighted by atomic mass is 10.2. The number of halogens is 2. The number of nitrogens with zero attached hydrogens (tertiary/aromatic N) is 1. The van der Waals surface area contributed by atoms with Crippen molar-refractivity contribution in [3.05, 3.63) is 64.8 Å². The molecule has 0 fully saturated rings. The SMILES string of the molecule is ClCc1cc(Br)ccc1Oc1ccc2cccnc2c1. The highest BCUT2D eigenvalue weighted by Gasteiger charge is 2.06. The summed E-state index contributed by atoms with van der Waals surface area (Å²) in [5.41, 5.74) is 1.86. The number of alkyl halides is 1. The van der Waals surface area contributed by atoms with Gasteiger partial charge in [0.05, 0.1) is 11.4 Å². The first-order valence-corrected chi connectivity index (χ1v) is 7.46. The van der Waals surface area contributed by atoms with E-state index in [1.807, 2.05) is 48.5 Å². The minimum absolute atomic E-state index is 0.403. The van der Waals surface area contributed by atoms with Crippen molar-refractivity contribution < 1.29 is 4.74 Å². The Balaban J connectivity index is 1.96. The zero-order valence-electron chi connectivity index (χ0n) is 10.5. The van der Waals surface area contributed by atoms with Crippen LogP contribution in [0.4, 0.5) is 0 Å². The summed E-state index contributed by atoms with van der Waals surface area (Å²) in [4.78, 5) is 4.33. The van der Waals surface area contributed by atoms with Crippen LogP contribution in [0.1, 0.15) is 5.56 Å². The molecule has 1 heterocycles. The number of fused-ring (bicyclic) bond motifs is 1. The monoisotopic (exact) mass is 347 g/mol. The molecule has 0 unspecified atom stereocenters. The Morgan fingerprint density at radius 1 is 1.10 bits per heavy atom. The molecule has 4 heteroatoms. The van der Waals surface area contributed by atoms with Crippen LogP contribution in [-0.2, 0) is 5.88 Å². The van der Waals surface area contributed by atoms with E-state index in [0.29, 0.717) is 5.88 Å². The topological polar surface area (TPSA) is 22.1 Å². The Labute approximate surface area is 130 Å². The molecule has 0 amide bonds. The van der Waals surface area contributed by atoms with Gasteiger partial charge in [-0.05, 0) is 36.4 Å². The summed E-state index contributed by atoms with van der Waals surface area (Å²) in [7, 11) is 0. The van der Waals surface area contributed by atoms with E-state index in [1.54, 1.807) is 6.20 Å². The zero-order chi connectivity index (χ0) is 13.9. The van der Waals surface area contributed by atoms with Gasteiger partial charge in [-0.3, -0.25) is 4.98 Å². The first-order chi connectivity index (χ1) is 9.76. The van der Waals surface area contributed by atoms with E-state index in [-0.39, 0.29) is 0 Å². The van der Waals surface area contributed by atoms with Crippen molar-refractivity contribution in [1.82, 2.24) is 4.98 Å². The molecule has 1 aromatic heterocycles. The summed E-state index contributed by atoms with van der Waals surface area (Å²) in [6.45, 7) is 0. The molecule has 0 aliphatic rings. The van der Waals surface area contributed by atoms with Crippen LogP contribution >= 0.6 is 27.5 Å². The second-order valence-electron chi connectivity index (χ2n) is 4.35. The third-order valence-electron chi connectivity index (χ3n) is 2.97. The Kier molecular flexibility index (Phi) is 3.90. The van der Waals surface area contributed by atoms with Gasteiger partial charge in [-0.25, -0.2) is 0 Å². The Morgan fingerprint density at radius 3 is 2.85 bits per heavy atom. The van der Waals surface area contributed by atoms with Crippen molar-refractivity contribution in [1.29, 1.82) is 0 Å². The lowest BCUT2D eigenvalue weighted by molar-refractivity contribution is 0.479. The summed E-state index contributed by atoms with van der Waals surface area (Å²) in [6, 6.07) is 15.6. The number of pyridine rings is 1. The number of hydrogen-bond donors (Lipinski definition) is 0. The summed E-state index contributed by atoms with van der Waals surface area (Å²) in [6.07, 6.45) is 1.77. The minimum Gasteiger partial charge on any atom is -0.457 e. The predicted molar refractivity (Wildman–Crippen MR) is 85.5 cm³/mol. The van der Waals surface area contributed by atoms with Gasteiger partial charge < -0.3 is 4.74 Å².